The lowest BCUT2D eigenvalue weighted by Crippen LogP contribution is -2.33. The van der Waals surface area contributed by atoms with Gasteiger partial charge in [0.15, 0.2) is 0 Å². The van der Waals surface area contributed by atoms with Gasteiger partial charge in [-0.2, -0.15) is 0 Å². The van der Waals surface area contributed by atoms with Gasteiger partial charge in [0.25, 0.3) is 0 Å². The number of nitrogens with zero attached hydrogens (tertiary/aromatic N) is 2. The largest absolute Gasteiger partial charge is 0.381 e. The molecule has 5 nitrogen and oxygen atoms in total. The number of ether oxygens (including phenoxy) is 1. The van der Waals surface area contributed by atoms with E-state index in [9.17, 15) is 4.79 Å². The van der Waals surface area contributed by atoms with Crippen molar-refractivity contribution in [1.29, 1.82) is 0 Å². The molecule has 21 heavy (non-hydrogen) atoms. The quantitative estimate of drug-likeness (QED) is 0.934. The minimum Gasteiger partial charge on any atom is -0.381 e. The lowest BCUT2D eigenvalue weighted by Gasteiger charge is -2.19. The van der Waals surface area contributed by atoms with Gasteiger partial charge >= 0.3 is 6.03 Å². The van der Waals surface area contributed by atoms with Gasteiger partial charge in [0.2, 0.25) is 0 Å². The molecule has 0 radical (unpaired) electrons. The SMILES string of the molecule is CCc1nc(C)c(NC(=O)N2CCC(C3CCOC3)C2)s1. The number of nitrogens with one attached hydrogen (secondary N) is 1. The fourth-order valence-electron chi connectivity index (χ4n) is 3.18. The molecule has 2 aliphatic heterocycles. The highest BCUT2D eigenvalue weighted by atomic mass is 32.1. The molecule has 2 saturated heterocycles. The number of aromatic nitrogens is 1. The fraction of sp³-hybridized carbons (Fsp3) is 0.733. The van der Waals surface area contributed by atoms with Crippen LogP contribution in [-0.4, -0.2) is 42.2 Å². The van der Waals surface area contributed by atoms with Crippen LogP contribution in [0.3, 0.4) is 0 Å². The van der Waals surface area contributed by atoms with Crippen molar-refractivity contribution in [2.75, 3.05) is 31.6 Å². The van der Waals surface area contributed by atoms with Crippen LogP contribution < -0.4 is 5.32 Å². The molecule has 0 spiro atoms. The van der Waals surface area contributed by atoms with Gasteiger partial charge in [0.1, 0.15) is 5.00 Å². The van der Waals surface area contributed by atoms with E-state index in [0.29, 0.717) is 11.8 Å². The summed E-state index contributed by atoms with van der Waals surface area (Å²) in [6.07, 6.45) is 3.16. The van der Waals surface area contributed by atoms with Crippen molar-refractivity contribution >= 4 is 22.4 Å². The maximum absolute atomic E-state index is 12.4. The number of urea groups is 1. The summed E-state index contributed by atoms with van der Waals surface area (Å²) in [6, 6.07) is 0.0193. The molecule has 0 aliphatic carbocycles. The summed E-state index contributed by atoms with van der Waals surface area (Å²) in [5.41, 5.74) is 0.921. The van der Waals surface area contributed by atoms with Crippen molar-refractivity contribution in [2.45, 2.75) is 33.1 Å². The lowest BCUT2D eigenvalue weighted by atomic mass is 9.91. The number of carbonyl (C=O) groups excluding carboxylic acids is 1. The average Bonchev–Trinajstić information content (AvgIpc) is 3.18. The van der Waals surface area contributed by atoms with Crippen molar-refractivity contribution in [3.05, 3.63) is 10.7 Å². The van der Waals surface area contributed by atoms with Crippen LogP contribution in [0.4, 0.5) is 9.80 Å². The summed E-state index contributed by atoms with van der Waals surface area (Å²) >= 11 is 1.58. The molecule has 2 amide bonds. The van der Waals surface area contributed by atoms with Crippen molar-refractivity contribution in [3.8, 4) is 0 Å². The van der Waals surface area contributed by atoms with Crippen LogP contribution >= 0.6 is 11.3 Å². The smallest absolute Gasteiger partial charge is 0.322 e. The summed E-state index contributed by atoms with van der Waals surface area (Å²) in [5.74, 6) is 1.24. The highest BCUT2D eigenvalue weighted by molar-refractivity contribution is 7.16. The van der Waals surface area contributed by atoms with Crippen molar-refractivity contribution in [1.82, 2.24) is 9.88 Å². The first-order valence-corrected chi connectivity index (χ1v) is 8.59. The van der Waals surface area contributed by atoms with Crippen molar-refractivity contribution < 1.29 is 9.53 Å². The highest BCUT2D eigenvalue weighted by Gasteiger charge is 2.33. The second-order valence-corrected chi connectivity index (χ2v) is 7.01. The number of aryl methyl sites for hydroxylation is 2. The predicted octanol–water partition coefficient (Wildman–Crippen LogP) is 2.90. The van der Waals surface area contributed by atoms with E-state index in [0.717, 1.165) is 61.3 Å². The number of carbonyl (C=O) groups is 1. The molecule has 1 N–H and O–H groups in total. The van der Waals surface area contributed by atoms with Gasteiger partial charge in [0.05, 0.1) is 10.7 Å². The van der Waals surface area contributed by atoms with E-state index in [1.807, 2.05) is 11.8 Å². The monoisotopic (exact) mass is 309 g/mol. The Bertz CT molecular complexity index is 511. The first-order valence-electron chi connectivity index (χ1n) is 7.77. The van der Waals surface area contributed by atoms with Crippen LogP contribution in [0.25, 0.3) is 0 Å². The summed E-state index contributed by atoms with van der Waals surface area (Å²) in [4.78, 5) is 18.8. The molecule has 2 fully saturated rings. The van der Waals surface area contributed by atoms with Crippen LogP contribution in [0.5, 0.6) is 0 Å². The molecule has 0 saturated carbocycles. The molecule has 1 aromatic heterocycles. The zero-order chi connectivity index (χ0) is 14.8. The number of anilines is 1. The van der Waals surface area contributed by atoms with E-state index in [2.05, 4.69) is 17.2 Å². The number of amides is 2. The minimum atomic E-state index is 0.0193. The van der Waals surface area contributed by atoms with Crippen LogP contribution in [0.2, 0.25) is 0 Å². The van der Waals surface area contributed by atoms with Crippen LogP contribution in [0.1, 0.15) is 30.5 Å². The average molecular weight is 309 g/mol. The Labute approximate surface area is 129 Å². The third kappa shape index (κ3) is 3.21. The van der Waals surface area contributed by atoms with Gasteiger partial charge < -0.3 is 9.64 Å². The molecular weight excluding hydrogens is 286 g/mol. The van der Waals surface area contributed by atoms with E-state index in [4.69, 9.17) is 4.74 Å². The summed E-state index contributed by atoms with van der Waals surface area (Å²) < 4.78 is 5.47. The molecule has 116 valence electrons. The van der Waals surface area contributed by atoms with Gasteiger partial charge in [-0.05, 0) is 38.0 Å². The number of rotatable bonds is 3. The molecule has 0 aromatic carbocycles. The second-order valence-electron chi connectivity index (χ2n) is 5.92. The third-order valence-electron chi connectivity index (χ3n) is 4.51. The molecule has 3 heterocycles. The second kappa shape index (κ2) is 6.32. The Morgan fingerprint density at radius 3 is 3.00 bits per heavy atom. The molecule has 3 rings (SSSR count). The lowest BCUT2D eigenvalue weighted by molar-refractivity contribution is 0.171. The molecule has 1 aromatic rings. The van der Waals surface area contributed by atoms with Crippen molar-refractivity contribution in [2.24, 2.45) is 11.8 Å². The molecule has 2 atom stereocenters. The summed E-state index contributed by atoms with van der Waals surface area (Å²) in [7, 11) is 0. The Morgan fingerprint density at radius 1 is 1.48 bits per heavy atom. The van der Waals surface area contributed by atoms with E-state index in [-0.39, 0.29) is 6.03 Å². The van der Waals surface area contributed by atoms with Crippen molar-refractivity contribution in [3.63, 3.8) is 0 Å². The highest BCUT2D eigenvalue weighted by Crippen LogP contribution is 2.31. The van der Waals surface area contributed by atoms with Gasteiger partial charge in [-0.25, -0.2) is 9.78 Å². The molecular formula is C15H23N3O2S. The van der Waals surface area contributed by atoms with Gasteiger partial charge in [-0.15, -0.1) is 11.3 Å². The summed E-state index contributed by atoms with van der Waals surface area (Å²) in [6.45, 7) is 7.50. The van der Waals surface area contributed by atoms with E-state index >= 15 is 0 Å². The zero-order valence-electron chi connectivity index (χ0n) is 12.7. The maximum atomic E-state index is 12.4. The van der Waals surface area contributed by atoms with E-state index in [1.54, 1.807) is 11.3 Å². The maximum Gasteiger partial charge on any atom is 0.322 e. The Morgan fingerprint density at radius 2 is 2.33 bits per heavy atom. The molecule has 2 unspecified atom stereocenters. The van der Waals surface area contributed by atoms with E-state index < -0.39 is 0 Å². The predicted molar refractivity (Wildman–Crippen MR) is 83.9 cm³/mol. The standard InChI is InChI=1S/C15H23N3O2S/c1-3-13-16-10(2)14(21-13)17-15(19)18-6-4-11(8-18)12-5-7-20-9-12/h11-12H,3-9H2,1-2H3,(H,17,19). The Kier molecular flexibility index (Phi) is 4.45. The van der Waals surface area contributed by atoms with Crippen LogP contribution in [0.15, 0.2) is 0 Å². The topological polar surface area (TPSA) is 54.5 Å². The number of likely N-dealkylation sites (tertiary alicyclic amines) is 1. The normalized spacial score (nSPS) is 25.5. The first-order chi connectivity index (χ1) is 10.2. The molecule has 6 heteroatoms. The van der Waals surface area contributed by atoms with Gasteiger partial charge in [0, 0.05) is 26.3 Å². The number of thiazole rings is 1. The Hall–Kier alpha value is -1.14. The number of hydrogen-bond donors (Lipinski definition) is 1. The number of hydrogen-bond acceptors (Lipinski definition) is 4. The minimum absolute atomic E-state index is 0.0193. The first kappa shape index (κ1) is 14.8. The van der Waals surface area contributed by atoms with Gasteiger partial charge in [-0.3, -0.25) is 5.32 Å². The zero-order valence-corrected chi connectivity index (χ0v) is 13.5. The van der Waals surface area contributed by atoms with Crippen LogP contribution in [-0.2, 0) is 11.2 Å². The van der Waals surface area contributed by atoms with Crippen LogP contribution in [0, 0.1) is 18.8 Å². The summed E-state index contributed by atoms with van der Waals surface area (Å²) in [5, 5.41) is 5.00. The Balaban J connectivity index is 1.57. The molecule has 0 bridgehead atoms. The van der Waals surface area contributed by atoms with Gasteiger partial charge in [-0.1, -0.05) is 6.92 Å². The molecule has 2 aliphatic rings. The fourth-order valence-corrected chi connectivity index (χ4v) is 4.07. The van der Waals surface area contributed by atoms with E-state index in [1.165, 1.54) is 0 Å². The third-order valence-corrected chi connectivity index (χ3v) is 5.72.